The van der Waals surface area contributed by atoms with Crippen molar-refractivity contribution in [1.29, 1.82) is 0 Å². The monoisotopic (exact) mass is 337 g/mol. The molecule has 0 aliphatic rings. The van der Waals surface area contributed by atoms with Crippen LogP contribution in [0.15, 0.2) is 35.1 Å². The molecular formula is C13H9BrFN3O2. The molecule has 0 spiro atoms. The van der Waals surface area contributed by atoms with E-state index in [-0.39, 0.29) is 11.5 Å². The van der Waals surface area contributed by atoms with E-state index < -0.39 is 5.97 Å². The van der Waals surface area contributed by atoms with Crippen LogP contribution in [0.5, 0.6) is 0 Å². The van der Waals surface area contributed by atoms with Gasteiger partial charge in [-0.1, -0.05) is 15.9 Å². The van der Waals surface area contributed by atoms with E-state index in [0.717, 1.165) is 0 Å². The lowest BCUT2D eigenvalue weighted by molar-refractivity contribution is 0.0686. The van der Waals surface area contributed by atoms with Gasteiger partial charge in [0.15, 0.2) is 0 Å². The molecule has 3 aromatic rings. The van der Waals surface area contributed by atoms with E-state index in [1.54, 1.807) is 29.8 Å². The summed E-state index contributed by atoms with van der Waals surface area (Å²) in [6.07, 6.45) is 3.05. The molecule has 3 rings (SSSR count). The van der Waals surface area contributed by atoms with Crippen molar-refractivity contribution in [3.63, 3.8) is 0 Å². The average molecular weight is 338 g/mol. The zero-order chi connectivity index (χ0) is 14.4. The number of aromatic carboxylic acids is 1. The molecule has 0 bridgehead atoms. The van der Waals surface area contributed by atoms with Gasteiger partial charge in [0.2, 0.25) is 5.78 Å². The van der Waals surface area contributed by atoms with Crippen LogP contribution in [0, 0.1) is 5.82 Å². The van der Waals surface area contributed by atoms with Crippen molar-refractivity contribution >= 4 is 27.7 Å². The minimum atomic E-state index is -1.03. The van der Waals surface area contributed by atoms with Gasteiger partial charge in [0.1, 0.15) is 11.5 Å². The van der Waals surface area contributed by atoms with Crippen molar-refractivity contribution in [2.45, 2.75) is 0 Å². The summed E-state index contributed by atoms with van der Waals surface area (Å²) in [4.78, 5) is 15.3. The van der Waals surface area contributed by atoms with E-state index in [1.807, 2.05) is 0 Å². The van der Waals surface area contributed by atoms with E-state index in [9.17, 15) is 9.18 Å². The predicted molar refractivity (Wildman–Crippen MR) is 74.2 cm³/mol. The summed E-state index contributed by atoms with van der Waals surface area (Å²) in [6, 6.07) is 4.71. The third-order valence-electron chi connectivity index (χ3n) is 3.06. The Hall–Kier alpha value is -2.15. The predicted octanol–water partition coefficient (Wildman–Crippen LogP) is 2.94. The van der Waals surface area contributed by atoms with Gasteiger partial charge in [-0.25, -0.2) is 14.2 Å². The molecule has 20 heavy (non-hydrogen) atoms. The van der Waals surface area contributed by atoms with E-state index >= 15 is 0 Å². The molecule has 0 unspecified atom stereocenters. The number of benzene rings is 1. The third-order valence-corrected chi connectivity index (χ3v) is 3.55. The maximum atomic E-state index is 13.9. The highest BCUT2D eigenvalue weighted by atomic mass is 79.9. The van der Waals surface area contributed by atoms with Crippen LogP contribution >= 0.6 is 15.9 Å². The normalized spacial score (nSPS) is 11.2. The van der Waals surface area contributed by atoms with Crippen LogP contribution in [0.25, 0.3) is 17.0 Å². The summed E-state index contributed by atoms with van der Waals surface area (Å²) in [5.74, 6) is -0.977. The first-order valence-corrected chi connectivity index (χ1v) is 6.50. The average Bonchev–Trinajstić information content (AvgIpc) is 2.89. The molecule has 2 heterocycles. The van der Waals surface area contributed by atoms with E-state index in [4.69, 9.17) is 5.11 Å². The molecule has 102 valence electrons. The number of aromatic nitrogens is 3. The number of fused-ring (bicyclic) bond motifs is 1. The summed E-state index contributed by atoms with van der Waals surface area (Å²) < 4.78 is 17.6. The highest BCUT2D eigenvalue weighted by Gasteiger charge is 2.16. The molecule has 1 aromatic carbocycles. The molecule has 0 radical (unpaired) electrons. The number of aryl methyl sites for hydroxylation is 1. The van der Waals surface area contributed by atoms with Gasteiger partial charge < -0.3 is 9.67 Å². The third kappa shape index (κ3) is 1.90. The van der Waals surface area contributed by atoms with E-state index in [0.29, 0.717) is 21.5 Å². The van der Waals surface area contributed by atoms with Crippen LogP contribution in [0.1, 0.15) is 10.5 Å². The largest absolute Gasteiger partial charge is 0.477 e. The fourth-order valence-corrected chi connectivity index (χ4v) is 2.41. The second kappa shape index (κ2) is 4.45. The maximum Gasteiger partial charge on any atom is 0.354 e. The fraction of sp³-hybridized carbons (Fsp3) is 0.0769. The smallest absolute Gasteiger partial charge is 0.354 e. The van der Waals surface area contributed by atoms with Gasteiger partial charge in [-0.3, -0.25) is 4.40 Å². The van der Waals surface area contributed by atoms with Gasteiger partial charge in [0.05, 0.1) is 5.69 Å². The lowest BCUT2D eigenvalue weighted by Gasteiger charge is -2.00. The second-order valence-electron chi connectivity index (χ2n) is 4.34. The molecule has 5 nitrogen and oxygen atoms in total. The Balaban J connectivity index is 2.17. The topological polar surface area (TPSA) is 59.5 Å². The van der Waals surface area contributed by atoms with Gasteiger partial charge in [0.25, 0.3) is 0 Å². The Morgan fingerprint density at radius 3 is 2.75 bits per heavy atom. The number of nitrogens with zero attached hydrogens (tertiary/aromatic N) is 3. The van der Waals surface area contributed by atoms with Crippen LogP contribution in [0.2, 0.25) is 0 Å². The molecule has 0 saturated heterocycles. The highest BCUT2D eigenvalue weighted by Crippen LogP contribution is 2.25. The van der Waals surface area contributed by atoms with Crippen LogP contribution in [-0.2, 0) is 7.05 Å². The van der Waals surface area contributed by atoms with Gasteiger partial charge in [-0.05, 0) is 18.2 Å². The molecule has 0 atom stereocenters. The molecular weight excluding hydrogens is 329 g/mol. The number of rotatable bonds is 2. The molecule has 0 fully saturated rings. The standard InChI is InChI=1S/C13H9BrFN3O2/c1-17-11(12(19)20)6-18-5-10(16-13(17)18)8-3-2-7(14)4-9(8)15/h2-6H,1H3,(H,19,20). The summed E-state index contributed by atoms with van der Waals surface area (Å²) in [5, 5.41) is 9.02. The molecule has 0 amide bonds. The lowest BCUT2D eigenvalue weighted by atomic mass is 10.1. The van der Waals surface area contributed by atoms with Gasteiger partial charge >= 0.3 is 5.97 Å². The molecule has 0 saturated carbocycles. The van der Waals surface area contributed by atoms with Crippen LogP contribution < -0.4 is 0 Å². The first-order valence-electron chi connectivity index (χ1n) is 5.70. The highest BCUT2D eigenvalue weighted by molar-refractivity contribution is 9.10. The Labute approximate surface area is 121 Å². The second-order valence-corrected chi connectivity index (χ2v) is 5.25. The number of carbonyl (C=O) groups is 1. The van der Waals surface area contributed by atoms with E-state index in [1.165, 1.54) is 16.8 Å². The van der Waals surface area contributed by atoms with Crippen LogP contribution in [0.3, 0.4) is 0 Å². The minimum absolute atomic E-state index is 0.121. The molecule has 0 aliphatic carbocycles. The van der Waals surface area contributed by atoms with Crippen molar-refractivity contribution in [3.05, 3.63) is 46.6 Å². The summed E-state index contributed by atoms with van der Waals surface area (Å²) >= 11 is 3.20. The zero-order valence-electron chi connectivity index (χ0n) is 10.3. The fourth-order valence-electron chi connectivity index (χ4n) is 2.08. The zero-order valence-corrected chi connectivity index (χ0v) is 11.9. The maximum absolute atomic E-state index is 13.9. The molecule has 7 heteroatoms. The number of carboxylic acid groups (broad SMARTS) is 1. The van der Waals surface area contributed by atoms with Gasteiger partial charge in [-0.15, -0.1) is 0 Å². The SMILES string of the molecule is Cn1c(C(=O)O)cn2cc(-c3ccc(Br)cc3F)nc12. The van der Waals surface area contributed by atoms with Crippen LogP contribution in [-0.4, -0.2) is 25.0 Å². The Kier molecular flexibility index (Phi) is 2.86. The summed E-state index contributed by atoms with van der Waals surface area (Å²) in [5.41, 5.74) is 0.946. The van der Waals surface area contributed by atoms with Crippen molar-refractivity contribution in [2.75, 3.05) is 0 Å². The van der Waals surface area contributed by atoms with Gasteiger partial charge in [-0.2, -0.15) is 0 Å². The first-order chi connectivity index (χ1) is 9.47. The first kappa shape index (κ1) is 12.9. The van der Waals surface area contributed by atoms with Crippen molar-refractivity contribution < 1.29 is 14.3 Å². The number of halogens is 2. The number of imidazole rings is 2. The molecule has 2 aromatic heterocycles. The number of carboxylic acids is 1. The number of hydrogen-bond donors (Lipinski definition) is 1. The lowest BCUT2D eigenvalue weighted by Crippen LogP contribution is -2.04. The minimum Gasteiger partial charge on any atom is -0.477 e. The van der Waals surface area contributed by atoms with E-state index in [2.05, 4.69) is 20.9 Å². The Morgan fingerprint density at radius 1 is 1.40 bits per heavy atom. The molecule has 0 aliphatic heterocycles. The molecule has 1 N–H and O–H groups in total. The summed E-state index contributed by atoms with van der Waals surface area (Å²) in [7, 11) is 1.60. The van der Waals surface area contributed by atoms with Crippen LogP contribution in [0.4, 0.5) is 4.39 Å². The van der Waals surface area contributed by atoms with Gasteiger partial charge in [0, 0.05) is 29.5 Å². The number of hydrogen-bond acceptors (Lipinski definition) is 2. The van der Waals surface area contributed by atoms with Crippen molar-refractivity contribution in [3.8, 4) is 11.3 Å². The van der Waals surface area contributed by atoms with Crippen molar-refractivity contribution in [1.82, 2.24) is 14.0 Å². The Morgan fingerprint density at radius 2 is 2.15 bits per heavy atom. The Bertz CT molecular complexity index is 838. The summed E-state index contributed by atoms with van der Waals surface area (Å²) in [6.45, 7) is 0. The quantitative estimate of drug-likeness (QED) is 0.782. The van der Waals surface area contributed by atoms with Crippen molar-refractivity contribution in [2.24, 2.45) is 7.05 Å².